The van der Waals surface area contributed by atoms with Crippen molar-refractivity contribution >= 4 is 62.8 Å². The predicted octanol–water partition coefficient (Wildman–Crippen LogP) is -0.882. The SMILES string of the molecule is F.F.F.[AlH3].[H-].[H-].[Sr+2]. The number of rotatable bonds is 0. The molecule has 0 aliphatic carbocycles. The van der Waals surface area contributed by atoms with Gasteiger partial charge in [-0.2, -0.15) is 0 Å². The summed E-state index contributed by atoms with van der Waals surface area (Å²) in [7, 11) is 0. The zero-order valence-electron chi connectivity index (χ0n) is 3.93. The third-order valence-electron chi connectivity index (χ3n) is 0. The van der Waals surface area contributed by atoms with Crippen LogP contribution in [0.3, 0.4) is 0 Å². The van der Waals surface area contributed by atoms with Crippen LogP contribution in [0.25, 0.3) is 0 Å². The molecule has 0 rings (SSSR count). The van der Waals surface area contributed by atoms with E-state index in [0.717, 1.165) is 0 Å². The molecule has 0 amide bonds. The molecule has 5 heavy (non-hydrogen) atoms. The summed E-state index contributed by atoms with van der Waals surface area (Å²) in [6.45, 7) is 0. The van der Waals surface area contributed by atoms with E-state index in [2.05, 4.69) is 0 Å². The van der Waals surface area contributed by atoms with E-state index < -0.39 is 0 Å². The van der Waals surface area contributed by atoms with Gasteiger partial charge in [-0.25, -0.2) is 0 Å². The summed E-state index contributed by atoms with van der Waals surface area (Å²) in [6, 6.07) is 0. The minimum Gasteiger partial charge on any atom is -1.00 e. The Kier molecular flexibility index (Phi) is 580. The van der Waals surface area contributed by atoms with Crippen LogP contribution in [0.4, 0.5) is 14.1 Å². The Labute approximate surface area is 78.8 Å². The van der Waals surface area contributed by atoms with Crippen LogP contribution in [0.5, 0.6) is 0 Å². The smallest absolute Gasteiger partial charge is 1.00 e. The Morgan fingerprint density at radius 3 is 0.800 bits per heavy atom. The molecule has 0 fully saturated rings. The fraction of sp³-hybridized carbons (Fsp3) is 0. The molecule has 0 radical (unpaired) electrons. The van der Waals surface area contributed by atoms with Gasteiger partial charge in [-0.05, 0) is 0 Å². The average molecular weight is 180 g/mol. The van der Waals surface area contributed by atoms with E-state index in [1.54, 1.807) is 0 Å². The van der Waals surface area contributed by atoms with Crippen molar-refractivity contribution in [1.82, 2.24) is 0 Å². The van der Waals surface area contributed by atoms with E-state index in [4.69, 9.17) is 0 Å². The fourth-order valence-electron chi connectivity index (χ4n) is 0. The van der Waals surface area contributed by atoms with Crippen LogP contribution >= 0.6 is 0 Å². The molecule has 0 spiro atoms. The largest absolute Gasteiger partial charge is 2.00 e. The van der Waals surface area contributed by atoms with Gasteiger partial charge in [0, 0.05) is 0 Å². The van der Waals surface area contributed by atoms with E-state index in [-0.39, 0.29) is 79.8 Å². The third kappa shape index (κ3) is 25.8. The predicted molar refractivity (Wildman–Crippen MR) is 25.4 cm³/mol. The maximum absolute atomic E-state index is 0. The molecule has 0 aromatic heterocycles. The second-order valence-corrected chi connectivity index (χ2v) is 0. The maximum atomic E-state index is 0. The fourth-order valence-corrected chi connectivity index (χ4v) is 0. The molecule has 0 aliphatic heterocycles. The van der Waals surface area contributed by atoms with Crippen molar-refractivity contribution in [3.63, 3.8) is 0 Å². The molecule has 0 aromatic carbocycles. The van der Waals surface area contributed by atoms with Gasteiger partial charge in [0.1, 0.15) is 0 Å². The van der Waals surface area contributed by atoms with Crippen LogP contribution in [0, 0.1) is 0 Å². The number of hydrogen-bond acceptors (Lipinski definition) is 0. The van der Waals surface area contributed by atoms with Gasteiger partial charge < -0.3 is 2.85 Å². The van der Waals surface area contributed by atoms with Gasteiger partial charge in [0.05, 0.1) is 0 Å². The van der Waals surface area contributed by atoms with E-state index in [9.17, 15) is 0 Å². The second kappa shape index (κ2) is 41.2. The zero-order chi connectivity index (χ0) is 0. The van der Waals surface area contributed by atoms with Crippen LogP contribution in [0.2, 0.25) is 0 Å². The van der Waals surface area contributed by atoms with E-state index in [0.29, 0.717) is 0 Å². The molecular formula is H8AlF3Sr. The zero-order valence-corrected chi connectivity index (χ0v) is 5.41. The van der Waals surface area contributed by atoms with Crippen molar-refractivity contribution in [2.24, 2.45) is 0 Å². The van der Waals surface area contributed by atoms with Crippen molar-refractivity contribution in [2.45, 2.75) is 0 Å². The molecule has 0 N–H and O–H groups in total. The third-order valence-corrected chi connectivity index (χ3v) is 0. The van der Waals surface area contributed by atoms with Crippen molar-refractivity contribution in [1.29, 1.82) is 0 Å². The van der Waals surface area contributed by atoms with Gasteiger partial charge in [-0.3, -0.25) is 14.1 Å². The summed E-state index contributed by atoms with van der Waals surface area (Å²) in [6.07, 6.45) is 0. The molecule has 0 heterocycles. The quantitative estimate of drug-likeness (QED) is 0.424. The van der Waals surface area contributed by atoms with Gasteiger partial charge in [-0.1, -0.05) is 0 Å². The molecule has 0 atom stereocenters. The summed E-state index contributed by atoms with van der Waals surface area (Å²) in [5.41, 5.74) is 0. The molecule has 5 heteroatoms. The first-order chi connectivity index (χ1) is 0. The van der Waals surface area contributed by atoms with Crippen molar-refractivity contribution in [3.05, 3.63) is 0 Å². The molecular weight excluding hydrogens is 172 g/mol. The Morgan fingerprint density at radius 2 is 0.800 bits per heavy atom. The van der Waals surface area contributed by atoms with Crippen LogP contribution in [0.1, 0.15) is 2.85 Å². The normalized spacial score (nSPS) is 0. The first kappa shape index (κ1) is 70.5. The summed E-state index contributed by atoms with van der Waals surface area (Å²) in [5.74, 6) is 0. The minimum absolute atomic E-state index is 0. The minimum atomic E-state index is 0. The van der Waals surface area contributed by atoms with E-state index in [1.165, 1.54) is 0 Å². The van der Waals surface area contributed by atoms with Crippen molar-refractivity contribution in [3.8, 4) is 0 Å². The Hall–Kier alpha value is 1.80. The first-order valence-corrected chi connectivity index (χ1v) is 0. The van der Waals surface area contributed by atoms with Crippen LogP contribution in [0.15, 0.2) is 0 Å². The molecule has 0 aromatic rings. The van der Waals surface area contributed by atoms with E-state index in [1.807, 2.05) is 0 Å². The molecule has 0 saturated carbocycles. The van der Waals surface area contributed by atoms with Crippen molar-refractivity contribution < 1.29 is 17.0 Å². The standard InChI is InChI=1S/Al.3FH.Sr.5H/h;3*1H;;;;;;/q;;;;+2;;;;2*-1. The Bertz CT molecular complexity index is 12.9. The maximum Gasteiger partial charge on any atom is 2.00 e. The Morgan fingerprint density at radius 1 is 0.800 bits per heavy atom. The van der Waals surface area contributed by atoms with Crippen LogP contribution in [-0.2, 0) is 0 Å². The monoisotopic (exact) mass is 180 g/mol. The molecule has 34 valence electrons. The van der Waals surface area contributed by atoms with Crippen molar-refractivity contribution in [2.75, 3.05) is 0 Å². The van der Waals surface area contributed by atoms with E-state index >= 15 is 0 Å². The van der Waals surface area contributed by atoms with Gasteiger partial charge in [-0.15, -0.1) is 0 Å². The second-order valence-electron chi connectivity index (χ2n) is 0. The van der Waals surface area contributed by atoms with Crippen LogP contribution in [-0.4, -0.2) is 62.8 Å². The van der Waals surface area contributed by atoms with Crippen LogP contribution < -0.4 is 0 Å². The summed E-state index contributed by atoms with van der Waals surface area (Å²) in [5, 5.41) is 0. The molecule has 0 bridgehead atoms. The molecule has 0 unspecified atom stereocenters. The molecule has 0 nitrogen and oxygen atoms in total. The van der Waals surface area contributed by atoms with Gasteiger partial charge >= 0.3 is 45.5 Å². The summed E-state index contributed by atoms with van der Waals surface area (Å²) in [4.78, 5) is 0. The first-order valence-electron chi connectivity index (χ1n) is 0. The molecule has 0 aliphatic rings. The van der Waals surface area contributed by atoms with Gasteiger partial charge in [0.25, 0.3) is 0 Å². The summed E-state index contributed by atoms with van der Waals surface area (Å²) < 4.78 is 0. The summed E-state index contributed by atoms with van der Waals surface area (Å²) >= 11 is 0. The number of halogens is 3. The average Bonchev–Trinajstić information content (AvgIpc) is 0. The number of hydrogen-bond donors (Lipinski definition) is 0. The molecule has 0 saturated heterocycles. The topological polar surface area (TPSA) is 0 Å². The van der Waals surface area contributed by atoms with Gasteiger partial charge in [0.2, 0.25) is 0 Å². The van der Waals surface area contributed by atoms with Gasteiger partial charge in [0.15, 0.2) is 17.4 Å². The Balaban J connectivity index is 0.